The van der Waals surface area contributed by atoms with Crippen molar-refractivity contribution in [2.24, 2.45) is 0 Å². The lowest BCUT2D eigenvalue weighted by Gasteiger charge is -2.27. The fourth-order valence-corrected chi connectivity index (χ4v) is 5.98. The van der Waals surface area contributed by atoms with Crippen LogP contribution in [-0.2, 0) is 27.1 Å². The van der Waals surface area contributed by atoms with Gasteiger partial charge < -0.3 is 10.6 Å². The molecular weight excluding hydrogens is 643 g/mol. The number of hydrogen-bond donors (Lipinski definition) is 3. The number of imide groups is 2. The van der Waals surface area contributed by atoms with Crippen molar-refractivity contribution in [2.45, 2.75) is 44.4 Å². The Hall–Kier alpha value is -5.45. The Morgan fingerprint density at radius 1 is 1.02 bits per heavy atom. The predicted octanol–water partition coefficient (Wildman–Crippen LogP) is 2.70. The molecule has 0 aliphatic carbocycles. The summed E-state index contributed by atoms with van der Waals surface area (Å²) >= 11 is 1.23. The van der Waals surface area contributed by atoms with Gasteiger partial charge in [0, 0.05) is 32.0 Å². The quantitative estimate of drug-likeness (QED) is 0.181. The van der Waals surface area contributed by atoms with E-state index in [2.05, 4.69) is 26.0 Å². The fourth-order valence-electron chi connectivity index (χ4n) is 5.30. The van der Waals surface area contributed by atoms with Gasteiger partial charge in [-0.1, -0.05) is 12.1 Å². The molecule has 1 fully saturated rings. The standard InChI is InChI=1S/C30H24F3N7O6S/c31-30(32,33)22-12-18(21-3-2-10-47-21)36-23-13-19(38-40(22)23)26(43)34-9-1-4-24(41)35-14-15-5-6-16-17(11-15)29(46)39(28(16)45)20-7-8-25(42)37-27(20)44/h2-3,5-6,10-13,20H,1,4,7-9,14H2,(H,34,43)(H,35,41)(H,37,42,44). The summed E-state index contributed by atoms with van der Waals surface area (Å²) in [7, 11) is 0. The zero-order chi connectivity index (χ0) is 33.5. The third-order valence-corrected chi connectivity index (χ3v) is 8.48. The van der Waals surface area contributed by atoms with Crippen LogP contribution in [-0.4, -0.2) is 67.5 Å². The molecule has 3 aromatic heterocycles. The van der Waals surface area contributed by atoms with Crippen LogP contribution in [0.4, 0.5) is 13.2 Å². The van der Waals surface area contributed by atoms with Gasteiger partial charge in [0.15, 0.2) is 17.0 Å². The maximum absolute atomic E-state index is 13.8. The van der Waals surface area contributed by atoms with Gasteiger partial charge in [0.1, 0.15) is 6.04 Å². The van der Waals surface area contributed by atoms with Gasteiger partial charge in [-0.3, -0.25) is 39.0 Å². The van der Waals surface area contributed by atoms with Gasteiger partial charge in [0.2, 0.25) is 17.7 Å². The van der Waals surface area contributed by atoms with Crippen molar-refractivity contribution in [3.8, 4) is 10.6 Å². The Kier molecular flexibility index (Phi) is 8.31. The van der Waals surface area contributed by atoms with E-state index < -0.39 is 47.4 Å². The molecule has 3 N–H and O–H groups in total. The van der Waals surface area contributed by atoms with Gasteiger partial charge >= 0.3 is 6.18 Å². The van der Waals surface area contributed by atoms with E-state index in [-0.39, 0.29) is 72.8 Å². The van der Waals surface area contributed by atoms with Crippen LogP contribution in [0.25, 0.3) is 16.2 Å². The van der Waals surface area contributed by atoms with Crippen LogP contribution in [0.1, 0.15) is 68.1 Å². The molecular formula is C30H24F3N7O6S. The van der Waals surface area contributed by atoms with Crippen molar-refractivity contribution >= 4 is 52.4 Å². The van der Waals surface area contributed by atoms with E-state index in [1.54, 1.807) is 23.6 Å². The number of thiophene rings is 1. The molecule has 1 atom stereocenters. The number of aromatic nitrogens is 3. The zero-order valence-electron chi connectivity index (χ0n) is 24.2. The molecule has 4 aromatic rings. The van der Waals surface area contributed by atoms with Gasteiger partial charge in [-0.2, -0.15) is 18.3 Å². The first-order valence-electron chi connectivity index (χ1n) is 14.3. The molecule has 1 saturated heterocycles. The van der Waals surface area contributed by atoms with Gasteiger partial charge in [-0.05, 0) is 48.1 Å². The number of hydrogen-bond acceptors (Lipinski definition) is 9. The third kappa shape index (κ3) is 6.33. The molecule has 1 unspecified atom stereocenters. The summed E-state index contributed by atoms with van der Waals surface area (Å²) < 4.78 is 41.9. The summed E-state index contributed by atoms with van der Waals surface area (Å²) in [4.78, 5) is 80.2. The molecule has 6 amide bonds. The van der Waals surface area contributed by atoms with E-state index in [1.807, 2.05) is 0 Å². The van der Waals surface area contributed by atoms with Crippen LogP contribution in [0.2, 0.25) is 0 Å². The minimum absolute atomic E-state index is 0.00104. The average molecular weight is 668 g/mol. The number of carbonyl (C=O) groups excluding carboxylic acids is 6. The molecule has 0 bridgehead atoms. The summed E-state index contributed by atoms with van der Waals surface area (Å²) in [5.41, 5.74) is -0.659. The van der Waals surface area contributed by atoms with Crippen LogP contribution in [0, 0.1) is 0 Å². The Morgan fingerprint density at radius 2 is 1.81 bits per heavy atom. The number of amides is 6. The van der Waals surface area contributed by atoms with Crippen LogP contribution >= 0.6 is 11.3 Å². The van der Waals surface area contributed by atoms with Gasteiger partial charge in [0.05, 0.1) is 21.7 Å². The molecule has 0 saturated carbocycles. The van der Waals surface area contributed by atoms with Crippen molar-refractivity contribution in [3.05, 3.63) is 75.9 Å². The lowest BCUT2D eigenvalue weighted by Crippen LogP contribution is -2.54. The van der Waals surface area contributed by atoms with Crippen molar-refractivity contribution < 1.29 is 41.9 Å². The van der Waals surface area contributed by atoms with Crippen molar-refractivity contribution in [1.82, 2.24) is 35.4 Å². The number of rotatable bonds is 9. The van der Waals surface area contributed by atoms with E-state index in [0.717, 1.165) is 17.0 Å². The van der Waals surface area contributed by atoms with Crippen molar-refractivity contribution in [2.75, 3.05) is 6.54 Å². The van der Waals surface area contributed by atoms with Crippen LogP contribution in [0.5, 0.6) is 0 Å². The van der Waals surface area contributed by atoms with E-state index in [4.69, 9.17) is 0 Å². The number of alkyl halides is 3. The molecule has 2 aliphatic rings. The highest BCUT2D eigenvalue weighted by Gasteiger charge is 2.44. The molecule has 1 aromatic carbocycles. The normalized spacial score (nSPS) is 16.4. The second kappa shape index (κ2) is 12.4. The van der Waals surface area contributed by atoms with E-state index in [1.165, 1.54) is 23.5 Å². The molecule has 13 nitrogen and oxygen atoms in total. The summed E-state index contributed by atoms with van der Waals surface area (Å²) in [6.07, 6.45) is -4.50. The topological polar surface area (TPSA) is 172 Å². The number of halogens is 3. The number of carbonyl (C=O) groups is 6. The maximum Gasteiger partial charge on any atom is 0.433 e. The van der Waals surface area contributed by atoms with Gasteiger partial charge in [0.25, 0.3) is 17.7 Å². The highest BCUT2D eigenvalue weighted by Crippen LogP contribution is 2.33. The summed E-state index contributed by atoms with van der Waals surface area (Å²) in [6, 6.07) is 8.73. The smallest absolute Gasteiger partial charge is 0.352 e. The highest BCUT2D eigenvalue weighted by atomic mass is 32.1. The monoisotopic (exact) mass is 667 g/mol. The summed E-state index contributed by atoms with van der Waals surface area (Å²) in [5, 5.41) is 12.9. The lowest BCUT2D eigenvalue weighted by atomic mass is 10.0. The summed E-state index contributed by atoms with van der Waals surface area (Å²) in [5.74, 6) is -3.60. The first-order valence-corrected chi connectivity index (χ1v) is 15.2. The van der Waals surface area contributed by atoms with E-state index >= 15 is 0 Å². The second-order valence-corrected chi connectivity index (χ2v) is 11.7. The number of benzene rings is 1. The highest BCUT2D eigenvalue weighted by molar-refractivity contribution is 7.13. The zero-order valence-corrected chi connectivity index (χ0v) is 25.0. The summed E-state index contributed by atoms with van der Waals surface area (Å²) in [6.45, 7) is 0.0629. The predicted molar refractivity (Wildman–Crippen MR) is 158 cm³/mol. The second-order valence-electron chi connectivity index (χ2n) is 10.8. The number of piperidine rings is 1. The molecule has 0 spiro atoms. The largest absolute Gasteiger partial charge is 0.433 e. The van der Waals surface area contributed by atoms with Crippen LogP contribution < -0.4 is 16.0 Å². The molecule has 6 rings (SSSR count). The molecule has 0 radical (unpaired) electrons. The number of nitrogens with one attached hydrogen (secondary N) is 3. The van der Waals surface area contributed by atoms with Crippen LogP contribution in [0.15, 0.2) is 47.8 Å². The number of nitrogens with zero attached hydrogens (tertiary/aromatic N) is 4. The fraction of sp³-hybridized carbons (Fsp3) is 0.267. The molecule has 17 heteroatoms. The first kappa shape index (κ1) is 31.5. The third-order valence-electron chi connectivity index (χ3n) is 7.58. The SMILES string of the molecule is O=C(CCCNC(=O)c1cc2nc(-c3cccs3)cc(C(F)(F)F)n2n1)NCc1ccc2c(c1)C(=O)N(C1CCC(=O)NC1=O)C2=O. The van der Waals surface area contributed by atoms with E-state index in [0.29, 0.717) is 15.0 Å². The van der Waals surface area contributed by atoms with Gasteiger partial charge in [-0.25, -0.2) is 9.50 Å². The Labute approximate surface area is 267 Å². The molecule has 242 valence electrons. The molecule has 2 aliphatic heterocycles. The minimum Gasteiger partial charge on any atom is -0.352 e. The average Bonchev–Trinajstić information content (AvgIpc) is 3.77. The molecule has 47 heavy (non-hydrogen) atoms. The van der Waals surface area contributed by atoms with Gasteiger partial charge in [-0.15, -0.1) is 11.3 Å². The lowest BCUT2D eigenvalue weighted by molar-refractivity contribution is -0.142. The number of fused-ring (bicyclic) bond motifs is 2. The van der Waals surface area contributed by atoms with Crippen molar-refractivity contribution in [1.29, 1.82) is 0 Å². The van der Waals surface area contributed by atoms with Crippen molar-refractivity contribution in [3.63, 3.8) is 0 Å². The minimum atomic E-state index is -4.75. The van der Waals surface area contributed by atoms with Crippen LogP contribution in [0.3, 0.4) is 0 Å². The first-order chi connectivity index (χ1) is 22.4. The van der Waals surface area contributed by atoms with E-state index in [9.17, 15) is 41.9 Å². The Bertz CT molecular complexity index is 1960. The Balaban J connectivity index is 1.01. The maximum atomic E-state index is 13.8. The molecule has 5 heterocycles. The Morgan fingerprint density at radius 3 is 2.53 bits per heavy atom.